The maximum atomic E-state index is 13.1. The van der Waals surface area contributed by atoms with E-state index >= 15 is 0 Å². The molecule has 0 bridgehead atoms. The summed E-state index contributed by atoms with van der Waals surface area (Å²) >= 11 is 0. The highest BCUT2D eigenvalue weighted by Gasteiger charge is 2.30. The molecule has 0 radical (unpaired) electrons. The van der Waals surface area contributed by atoms with Crippen LogP contribution in [-0.2, 0) is 65.4 Å². The number of carbonyl (C=O) groups is 4. The lowest BCUT2D eigenvalue weighted by Crippen LogP contribution is -2.30. The fourth-order valence-electron chi connectivity index (χ4n) is 12.2. The van der Waals surface area contributed by atoms with Gasteiger partial charge >= 0.3 is 39.5 Å². The fraction of sp³-hybridized carbons (Fsp3) is 0.950. The molecule has 0 fully saturated rings. The number of aliphatic hydroxyl groups excluding tert-OH is 1. The number of ether oxygens (including phenoxy) is 4. The lowest BCUT2D eigenvalue weighted by molar-refractivity contribution is -0.161. The van der Waals surface area contributed by atoms with Gasteiger partial charge in [-0.2, -0.15) is 0 Å². The minimum Gasteiger partial charge on any atom is -0.462 e. The molecule has 7 atom stereocenters. The predicted molar refractivity (Wildman–Crippen MR) is 404 cm³/mol. The summed E-state index contributed by atoms with van der Waals surface area (Å²) in [5.74, 6) is 0.998. The zero-order valence-corrected chi connectivity index (χ0v) is 66.9. The third kappa shape index (κ3) is 71.5. The van der Waals surface area contributed by atoms with Crippen LogP contribution in [0, 0.1) is 23.7 Å². The van der Waals surface area contributed by atoms with Crippen molar-refractivity contribution in [1.82, 2.24) is 0 Å². The topological polar surface area (TPSA) is 237 Å². The molecule has 0 aromatic rings. The average Bonchev–Trinajstić information content (AvgIpc) is 1.12. The number of phosphoric ester groups is 2. The van der Waals surface area contributed by atoms with E-state index in [1.165, 1.54) is 205 Å². The first kappa shape index (κ1) is 97.1. The average molecular weight is 1450 g/mol. The van der Waals surface area contributed by atoms with Gasteiger partial charge in [-0.05, 0) is 49.4 Å². The second kappa shape index (κ2) is 69.1. The number of hydrogen-bond acceptors (Lipinski definition) is 15. The van der Waals surface area contributed by atoms with Gasteiger partial charge in [0, 0.05) is 25.7 Å². The Morgan fingerprint density at radius 2 is 0.485 bits per heavy atom. The van der Waals surface area contributed by atoms with E-state index in [4.69, 9.17) is 37.0 Å². The largest absolute Gasteiger partial charge is 0.472 e. The summed E-state index contributed by atoms with van der Waals surface area (Å²) < 4.78 is 68.7. The summed E-state index contributed by atoms with van der Waals surface area (Å²) in [5, 5.41) is 10.6. The molecule has 0 spiro atoms. The zero-order chi connectivity index (χ0) is 73.1. The number of phosphoric acid groups is 2. The first-order chi connectivity index (χ1) is 47.7. The molecule has 3 N–H and O–H groups in total. The van der Waals surface area contributed by atoms with Gasteiger partial charge in [-0.1, -0.05) is 357 Å². The van der Waals surface area contributed by atoms with Crippen molar-refractivity contribution in [1.29, 1.82) is 0 Å². The van der Waals surface area contributed by atoms with Crippen LogP contribution in [0.1, 0.15) is 409 Å². The number of hydrogen-bond donors (Lipinski definition) is 3. The Hall–Kier alpha value is -1.94. The quantitative estimate of drug-likeness (QED) is 0.0222. The SMILES string of the molecule is CCC(C)CCCCCCCCCCC(=O)OC[C@H](COP(=O)(O)OC[C@@H](O)COP(=O)(O)OC[C@@H](COC(=O)CCCCCCCCC(C)CC)OC(=O)CCCCCCCCCCCCCCCC(C)C)OC(=O)CCCCCCCCCCCCCCCCCCCCC(C)C. The molecule has 19 heteroatoms. The molecule has 99 heavy (non-hydrogen) atoms. The van der Waals surface area contributed by atoms with Crippen LogP contribution in [0.3, 0.4) is 0 Å². The summed E-state index contributed by atoms with van der Waals surface area (Å²) in [6.07, 6.45) is 55.5. The number of aliphatic hydroxyl groups is 1. The van der Waals surface area contributed by atoms with Crippen molar-refractivity contribution in [2.75, 3.05) is 39.6 Å². The van der Waals surface area contributed by atoms with E-state index < -0.39 is 97.5 Å². The van der Waals surface area contributed by atoms with Gasteiger partial charge < -0.3 is 33.8 Å². The van der Waals surface area contributed by atoms with Crippen molar-refractivity contribution < 1.29 is 80.2 Å². The summed E-state index contributed by atoms with van der Waals surface area (Å²) in [4.78, 5) is 73.0. The summed E-state index contributed by atoms with van der Waals surface area (Å²) in [6, 6.07) is 0. The Bertz CT molecular complexity index is 1940. The minimum absolute atomic E-state index is 0.106. The lowest BCUT2D eigenvalue weighted by Gasteiger charge is -2.21. The normalized spacial score (nSPS) is 14.6. The van der Waals surface area contributed by atoms with E-state index in [1.54, 1.807) is 0 Å². The van der Waals surface area contributed by atoms with Gasteiger partial charge in [0.1, 0.15) is 19.3 Å². The first-order valence-corrected chi connectivity index (χ1v) is 44.3. The van der Waals surface area contributed by atoms with E-state index in [9.17, 15) is 43.2 Å². The Morgan fingerprint density at radius 3 is 0.717 bits per heavy atom. The van der Waals surface area contributed by atoms with Gasteiger partial charge in [-0.25, -0.2) is 9.13 Å². The number of esters is 4. The Morgan fingerprint density at radius 1 is 0.283 bits per heavy atom. The van der Waals surface area contributed by atoms with E-state index in [0.29, 0.717) is 25.7 Å². The highest BCUT2D eigenvalue weighted by Crippen LogP contribution is 2.45. The summed E-state index contributed by atoms with van der Waals surface area (Å²) in [5.41, 5.74) is 0. The van der Waals surface area contributed by atoms with Gasteiger partial charge in [0.15, 0.2) is 12.2 Å². The van der Waals surface area contributed by atoms with Crippen molar-refractivity contribution in [2.24, 2.45) is 23.7 Å². The van der Waals surface area contributed by atoms with Crippen LogP contribution in [-0.4, -0.2) is 96.7 Å². The Balaban J connectivity index is 5.21. The van der Waals surface area contributed by atoms with Crippen molar-refractivity contribution >= 4 is 39.5 Å². The highest BCUT2D eigenvalue weighted by atomic mass is 31.2. The van der Waals surface area contributed by atoms with Crippen LogP contribution in [0.15, 0.2) is 0 Å². The maximum absolute atomic E-state index is 13.1. The van der Waals surface area contributed by atoms with Gasteiger partial charge in [0.05, 0.1) is 26.4 Å². The summed E-state index contributed by atoms with van der Waals surface area (Å²) in [6.45, 7) is 14.2. The molecule has 0 amide bonds. The minimum atomic E-state index is -4.96. The number of rotatable bonds is 77. The molecular formula is C80H156O17P2. The van der Waals surface area contributed by atoms with Gasteiger partial charge in [-0.15, -0.1) is 0 Å². The zero-order valence-electron chi connectivity index (χ0n) is 65.1. The molecule has 0 aliphatic heterocycles. The molecule has 0 heterocycles. The number of unbranched alkanes of at least 4 members (excludes halogenated alkanes) is 41. The first-order valence-electron chi connectivity index (χ1n) is 41.3. The predicted octanol–water partition coefficient (Wildman–Crippen LogP) is 23.6. The second-order valence-electron chi connectivity index (χ2n) is 30.2. The fourth-order valence-corrected chi connectivity index (χ4v) is 13.8. The molecular weight excluding hydrogens is 1290 g/mol. The van der Waals surface area contributed by atoms with E-state index in [2.05, 4.69) is 55.4 Å². The second-order valence-corrected chi connectivity index (χ2v) is 33.1. The molecule has 588 valence electrons. The van der Waals surface area contributed by atoms with E-state index in [-0.39, 0.29) is 25.7 Å². The summed E-state index contributed by atoms with van der Waals surface area (Å²) in [7, 11) is -9.92. The van der Waals surface area contributed by atoms with Crippen LogP contribution < -0.4 is 0 Å². The number of carbonyl (C=O) groups excluding carboxylic acids is 4. The molecule has 0 aromatic carbocycles. The Kier molecular flexibility index (Phi) is 67.8. The van der Waals surface area contributed by atoms with Crippen LogP contribution >= 0.6 is 15.6 Å². The molecule has 17 nitrogen and oxygen atoms in total. The molecule has 0 saturated carbocycles. The molecule has 0 saturated heterocycles. The standard InChI is InChI=1S/C80H156O17P2/c1-9-72(7)58-50-42-34-30-31-35-44-52-60-77(82)90-66-75(96-79(84)62-54-46-36-28-24-20-16-14-12-11-13-15-18-22-26-32-40-48-56-70(3)4)68-94-98(86,87)92-64-74(81)65-93-99(88,89)95-69-76(67-91-78(83)61-53-45-39-38-43-51-59-73(8)10-2)97-80(85)63-55-47-37-29-25-21-17-19-23-27-33-41-49-57-71(5)6/h70-76,81H,9-69H2,1-8H3,(H,86,87)(H,88,89)/t72?,73?,74-,75-,76-/m1/s1. The van der Waals surface area contributed by atoms with Gasteiger partial charge in [0.25, 0.3) is 0 Å². The monoisotopic (exact) mass is 1450 g/mol. The van der Waals surface area contributed by atoms with Crippen molar-refractivity contribution in [3.63, 3.8) is 0 Å². The third-order valence-corrected chi connectivity index (χ3v) is 21.2. The molecule has 4 unspecified atom stereocenters. The maximum Gasteiger partial charge on any atom is 0.472 e. The molecule has 0 rings (SSSR count). The molecule has 0 aliphatic carbocycles. The molecule has 0 aromatic heterocycles. The van der Waals surface area contributed by atoms with Gasteiger partial charge in [0.2, 0.25) is 0 Å². The van der Waals surface area contributed by atoms with Crippen LogP contribution in [0.4, 0.5) is 0 Å². The van der Waals surface area contributed by atoms with Crippen molar-refractivity contribution in [3.05, 3.63) is 0 Å². The lowest BCUT2D eigenvalue weighted by atomic mass is 9.99. The van der Waals surface area contributed by atoms with E-state index in [0.717, 1.165) is 120 Å². The van der Waals surface area contributed by atoms with Gasteiger partial charge in [-0.3, -0.25) is 37.3 Å². The highest BCUT2D eigenvalue weighted by molar-refractivity contribution is 7.47. The van der Waals surface area contributed by atoms with Crippen LogP contribution in [0.2, 0.25) is 0 Å². The third-order valence-electron chi connectivity index (χ3n) is 19.3. The van der Waals surface area contributed by atoms with Crippen LogP contribution in [0.25, 0.3) is 0 Å². The van der Waals surface area contributed by atoms with Crippen molar-refractivity contribution in [2.45, 2.75) is 427 Å². The molecule has 0 aliphatic rings. The van der Waals surface area contributed by atoms with Crippen molar-refractivity contribution in [3.8, 4) is 0 Å². The Labute approximate surface area is 607 Å². The smallest absolute Gasteiger partial charge is 0.462 e. The van der Waals surface area contributed by atoms with E-state index in [1.807, 2.05) is 0 Å². The van der Waals surface area contributed by atoms with Crippen LogP contribution in [0.5, 0.6) is 0 Å².